The second-order valence-corrected chi connectivity index (χ2v) is 6.30. The maximum atomic E-state index is 11.8. The number of benzene rings is 2. The summed E-state index contributed by atoms with van der Waals surface area (Å²) in [6.45, 7) is 0.353. The Morgan fingerprint density at radius 1 is 1.00 bits per heavy atom. The summed E-state index contributed by atoms with van der Waals surface area (Å²) in [4.78, 5) is 0. The van der Waals surface area contributed by atoms with E-state index in [1.807, 2.05) is 42.5 Å². The Hall–Kier alpha value is -2.11. The first-order chi connectivity index (χ1) is 10.1. The summed E-state index contributed by atoms with van der Waals surface area (Å²) in [5.41, 5.74) is 8.19. The molecule has 0 aliphatic heterocycles. The lowest BCUT2D eigenvalue weighted by molar-refractivity contribution is 0.591. The van der Waals surface area contributed by atoms with Gasteiger partial charge in [0.25, 0.3) is 0 Å². The fraction of sp³-hybridized carbons (Fsp3) is 0.125. The molecule has 0 saturated heterocycles. The van der Waals surface area contributed by atoms with E-state index in [4.69, 9.17) is 5.73 Å². The van der Waals surface area contributed by atoms with Gasteiger partial charge in [-0.05, 0) is 35.8 Å². The molecule has 2 aromatic rings. The van der Waals surface area contributed by atoms with Crippen molar-refractivity contribution in [3.05, 3.63) is 71.1 Å². The van der Waals surface area contributed by atoms with Gasteiger partial charge >= 0.3 is 0 Å². The summed E-state index contributed by atoms with van der Waals surface area (Å²) in [5.74, 6) is 0. The summed E-state index contributed by atoms with van der Waals surface area (Å²) in [6, 6.07) is 16.7. The second kappa shape index (κ2) is 7.06. The summed E-state index contributed by atoms with van der Waals surface area (Å²) in [7, 11) is -3.41. The van der Waals surface area contributed by atoms with Crippen LogP contribution in [0.1, 0.15) is 11.1 Å². The molecule has 2 rings (SSSR count). The molecule has 0 aromatic heterocycles. The standard InChI is InChI=1S/C16H18N2O2S/c17-16-8-6-15(7-9-16)10-12-18-21(19,20)13-11-14-4-2-1-3-5-14/h1-9,11,13,18H,10,12,17H2. The first-order valence-electron chi connectivity index (χ1n) is 6.62. The van der Waals surface area contributed by atoms with E-state index in [2.05, 4.69) is 4.72 Å². The first kappa shape index (κ1) is 15.3. The zero-order valence-corrected chi connectivity index (χ0v) is 12.4. The molecule has 0 amide bonds. The van der Waals surface area contributed by atoms with Crippen LogP contribution in [0.2, 0.25) is 0 Å². The molecule has 4 nitrogen and oxygen atoms in total. The quantitative estimate of drug-likeness (QED) is 0.805. The average molecular weight is 302 g/mol. The lowest BCUT2D eigenvalue weighted by Gasteiger charge is -2.04. The fourth-order valence-corrected chi connectivity index (χ4v) is 2.62. The second-order valence-electron chi connectivity index (χ2n) is 4.64. The predicted molar refractivity (Wildman–Crippen MR) is 87.0 cm³/mol. The van der Waals surface area contributed by atoms with Crippen LogP contribution in [0.3, 0.4) is 0 Å². The fourth-order valence-electron chi connectivity index (χ4n) is 1.80. The molecule has 5 heteroatoms. The Kier molecular flexibility index (Phi) is 5.14. The number of nitrogens with two attached hydrogens (primary N) is 1. The Labute approximate surface area is 125 Å². The van der Waals surface area contributed by atoms with Gasteiger partial charge in [0.2, 0.25) is 10.0 Å². The largest absolute Gasteiger partial charge is 0.399 e. The molecule has 0 unspecified atom stereocenters. The monoisotopic (exact) mass is 302 g/mol. The topological polar surface area (TPSA) is 72.2 Å². The van der Waals surface area contributed by atoms with Crippen molar-refractivity contribution >= 4 is 21.8 Å². The van der Waals surface area contributed by atoms with Gasteiger partial charge in [-0.25, -0.2) is 13.1 Å². The lowest BCUT2D eigenvalue weighted by atomic mass is 10.1. The maximum absolute atomic E-state index is 11.8. The smallest absolute Gasteiger partial charge is 0.233 e. The van der Waals surface area contributed by atoms with Gasteiger partial charge in [0, 0.05) is 17.6 Å². The van der Waals surface area contributed by atoms with Crippen LogP contribution in [-0.4, -0.2) is 15.0 Å². The highest BCUT2D eigenvalue weighted by molar-refractivity contribution is 7.92. The van der Waals surface area contributed by atoms with E-state index in [0.717, 1.165) is 11.1 Å². The van der Waals surface area contributed by atoms with Crippen molar-refractivity contribution in [3.8, 4) is 0 Å². The predicted octanol–water partition coefficient (Wildman–Crippen LogP) is 2.40. The third-order valence-electron chi connectivity index (χ3n) is 2.94. The Bertz CT molecular complexity index is 693. The molecule has 0 aliphatic carbocycles. The number of nitrogens with one attached hydrogen (secondary N) is 1. The molecular weight excluding hydrogens is 284 g/mol. The number of hydrogen-bond acceptors (Lipinski definition) is 3. The highest BCUT2D eigenvalue weighted by Crippen LogP contribution is 2.06. The van der Waals surface area contributed by atoms with Gasteiger partial charge in [-0.2, -0.15) is 0 Å². The van der Waals surface area contributed by atoms with E-state index in [0.29, 0.717) is 18.7 Å². The van der Waals surface area contributed by atoms with Gasteiger partial charge in [-0.15, -0.1) is 0 Å². The number of hydrogen-bond donors (Lipinski definition) is 2. The molecular formula is C16H18N2O2S. The molecule has 21 heavy (non-hydrogen) atoms. The molecule has 3 N–H and O–H groups in total. The van der Waals surface area contributed by atoms with Gasteiger partial charge in [0.15, 0.2) is 0 Å². The van der Waals surface area contributed by atoms with Gasteiger partial charge in [-0.3, -0.25) is 0 Å². The number of sulfonamides is 1. The molecule has 0 saturated carbocycles. The van der Waals surface area contributed by atoms with E-state index >= 15 is 0 Å². The van der Waals surface area contributed by atoms with E-state index in [1.54, 1.807) is 18.2 Å². The Morgan fingerprint density at radius 3 is 2.33 bits per heavy atom. The molecule has 0 aliphatic rings. The van der Waals surface area contributed by atoms with Crippen molar-refractivity contribution in [1.29, 1.82) is 0 Å². The van der Waals surface area contributed by atoms with Crippen LogP contribution in [0.5, 0.6) is 0 Å². The SMILES string of the molecule is Nc1ccc(CCNS(=O)(=O)C=Cc2ccccc2)cc1. The van der Waals surface area contributed by atoms with Crippen LogP contribution in [0.25, 0.3) is 6.08 Å². The molecule has 110 valence electrons. The van der Waals surface area contributed by atoms with E-state index < -0.39 is 10.0 Å². The van der Waals surface area contributed by atoms with Crippen molar-refractivity contribution < 1.29 is 8.42 Å². The van der Waals surface area contributed by atoms with Gasteiger partial charge < -0.3 is 5.73 Å². The summed E-state index contributed by atoms with van der Waals surface area (Å²) >= 11 is 0. The third kappa shape index (κ3) is 5.41. The molecule has 0 heterocycles. The van der Waals surface area contributed by atoms with Crippen LogP contribution >= 0.6 is 0 Å². The minimum atomic E-state index is -3.41. The molecule has 2 aromatic carbocycles. The van der Waals surface area contributed by atoms with Crippen LogP contribution < -0.4 is 10.5 Å². The van der Waals surface area contributed by atoms with E-state index in [9.17, 15) is 8.42 Å². The first-order valence-corrected chi connectivity index (χ1v) is 8.17. The van der Waals surface area contributed by atoms with E-state index in [-0.39, 0.29) is 0 Å². The summed E-state index contributed by atoms with van der Waals surface area (Å²) < 4.78 is 26.2. The third-order valence-corrected chi connectivity index (χ3v) is 4.04. The summed E-state index contributed by atoms with van der Waals surface area (Å²) in [5, 5.41) is 1.19. The number of rotatable bonds is 6. The van der Waals surface area contributed by atoms with Crippen LogP contribution in [0.15, 0.2) is 60.0 Å². The zero-order chi connectivity index (χ0) is 15.1. The molecule has 0 atom stereocenters. The Balaban J connectivity index is 1.87. The Morgan fingerprint density at radius 2 is 1.67 bits per heavy atom. The normalized spacial score (nSPS) is 11.8. The average Bonchev–Trinajstić information content (AvgIpc) is 2.48. The van der Waals surface area contributed by atoms with Crippen molar-refractivity contribution in [1.82, 2.24) is 4.72 Å². The molecule has 0 fully saturated rings. The molecule has 0 radical (unpaired) electrons. The highest BCUT2D eigenvalue weighted by atomic mass is 32.2. The van der Waals surface area contributed by atoms with Crippen LogP contribution in [0.4, 0.5) is 5.69 Å². The van der Waals surface area contributed by atoms with Crippen molar-refractivity contribution in [2.24, 2.45) is 0 Å². The van der Waals surface area contributed by atoms with Gasteiger partial charge in [0.05, 0.1) is 0 Å². The van der Waals surface area contributed by atoms with Crippen molar-refractivity contribution in [3.63, 3.8) is 0 Å². The summed E-state index contributed by atoms with van der Waals surface area (Å²) in [6.07, 6.45) is 2.20. The zero-order valence-electron chi connectivity index (χ0n) is 11.6. The molecule has 0 spiro atoms. The van der Waals surface area contributed by atoms with Crippen molar-refractivity contribution in [2.75, 3.05) is 12.3 Å². The van der Waals surface area contributed by atoms with Crippen molar-refractivity contribution in [2.45, 2.75) is 6.42 Å². The highest BCUT2D eigenvalue weighted by Gasteiger charge is 2.04. The minimum absolute atomic E-state index is 0.353. The van der Waals surface area contributed by atoms with Crippen LogP contribution in [-0.2, 0) is 16.4 Å². The molecule has 0 bridgehead atoms. The maximum Gasteiger partial charge on any atom is 0.233 e. The lowest BCUT2D eigenvalue weighted by Crippen LogP contribution is -2.23. The minimum Gasteiger partial charge on any atom is -0.399 e. The van der Waals surface area contributed by atoms with E-state index in [1.165, 1.54) is 5.41 Å². The number of anilines is 1. The van der Waals surface area contributed by atoms with Crippen LogP contribution in [0, 0.1) is 0 Å². The number of nitrogen functional groups attached to an aromatic ring is 1. The van der Waals surface area contributed by atoms with Gasteiger partial charge in [-0.1, -0.05) is 42.5 Å². The van der Waals surface area contributed by atoms with Gasteiger partial charge in [0.1, 0.15) is 0 Å².